The Morgan fingerprint density at radius 1 is 1.00 bits per heavy atom. The van der Waals surface area contributed by atoms with Crippen molar-refractivity contribution in [2.45, 2.75) is 52.1 Å². The van der Waals surface area contributed by atoms with Gasteiger partial charge in [-0.2, -0.15) is 0 Å². The van der Waals surface area contributed by atoms with Crippen molar-refractivity contribution in [3.05, 3.63) is 29.8 Å². The topological polar surface area (TPSA) is 15.3 Å². The van der Waals surface area contributed by atoms with E-state index in [1.165, 1.54) is 36.9 Å². The molecule has 0 fully saturated rings. The quantitative estimate of drug-likeness (QED) is 0.744. The lowest BCUT2D eigenvalue weighted by atomic mass is 10.1. The number of nitrogens with zero attached hydrogens (tertiary/aromatic N) is 1. The van der Waals surface area contributed by atoms with Crippen LogP contribution in [0.3, 0.4) is 0 Å². The summed E-state index contributed by atoms with van der Waals surface area (Å²) in [7, 11) is 4.20. The molecule has 2 heteroatoms. The van der Waals surface area contributed by atoms with E-state index >= 15 is 0 Å². The standard InChI is InChI=1S/C16H28N2/c1-5-7-15(8-6-2)17-16-11-9-14(10-12-16)13-18(3)4/h9-12,15,17H,5-8,13H2,1-4H3. The molecule has 0 atom stereocenters. The van der Waals surface area contributed by atoms with Gasteiger partial charge in [0, 0.05) is 18.3 Å². The van der Waals surface area contributed by atoms with Crippen molar-refractivity contribution in [1.82, 2.24) is 4.90 Å². The van der Waals surface area contributed by atoms with Gasteiger partial charge in [-0.05, 0) is 44.6 Å². The van der Waals surface area contributed by atoms with Crippen molar-refractivity contribution < 1.29 is 0 Å². The summed E-state index contributed by atoms with van der Waals surface area (Å²) in [6.07, 6.45) is 5.01. The fourth-order valence-corrected chi connectivity index (χ4v) is 2.29. The van der Waals surface area contributed by atoms with E-state index in [1.807, 2.05) is 0 Å². The lowest BCUT2D eigenvalue weighted by Crippen LogP contribution is -2.18. The highest BCUT2D eigenvalue weighted by atomic mass is 15.0. The average Bonchev–Trinajstić information content (AvgIpc) is 2.31. The maximum atomic E-state index is 3.65. The molecule has 1 aromatic rings. The Hall–Kier alpha value is -1.02. The predicted molar refractivity (Wildman–Crippen MR) is 81.1 cm³/mol. The Labute approximate surface area is 112 Å². The molecule has 0 bridgehead atoms. The number of nitrogens with one attached hydrogen (secondary N) is 1. The van der Waals surface area contributed by atoms with Crippen LogP contribution in [-0.2, 0) is 6.54 Å². The third-order valence-corrected chi connectivity index (χ3v) is 3.10. The Bertz CT molecular complexity index is 310. The molecule has 1 rings (SSSR count). The van der Waals surface area contributed by atoms with Gasteiger partial charge in [-0.1, -0.05) is 38.8 Å². The molecule has 102 valence electrons. The molecule has 1 N–H and O–H groups in total. The van der Waals surface area contributed by atoms with Gasteiger partial charge in [-0.3, -0.25) is 0 Å². The zero-order chi connectivity index (χ0) is 13.4. The van der Waals surface area contributed by atoms with E-state index in [-0.39, 0.29) is 0 Å². The SMILES string of the molecule is CCCC(CCC)Nc1ccc(CN(C)C)cc1. The minimum atomic E-state index is 0.625. The van der Waals surface area contributed by atoms with Crippen LogP contribution < -0.4 is 5.32 Å². The molecule has 0 amide bonds. The second kappa shape index (κ2) is 8.15. The molecule has 0 aliphatic rings. The summed E-state index contributed by atoms with van der Waals surface area (Å²) < 4.78 is 0. The normalized spacial score (nSPS) is 11.2. The van der Waals surface area contributed by atoms with Crippen LogP contribution in [0.25, 0.3) is 0 Å². The van der Waals surface area contributed by atoms with E-state index in [4.69, 9.17) is 0 Å². The molecule has 0 heterocycles. The van der Waals surface area contributed by atoms with Gasteiger partial charge >= 0.3 is 0 Å². The molecule has 0 unspecified atom stereocenters. The number of hydrogen-bond donors (Lipinski definition) is 1. The molecule has 0 saturated carbocycles. The molecular weight excluding hydrogens is 220 g/mol. The number of rotatable bonds is 8. The maximum absolute atomic E-state index is 3.65. The summed E-state index contributed by atoms with van der Waals surface area (Å²) in [5.41, 5.74) is 2.62. The molecule has 0 spiro atoms. The number of hydrogen-bond acceptors (Lipinski definition) is 2. The van der Waals surface area contributed by atoms with Crippen LogP contribution in [0.4, 0.5) is 5.69 Å². The van der Waals surface area contributed by atoms with Crippen molar-refractivity contribution in [2.75, 3.05) is 19.4 Å². The van der Waals surface area contributed by atoms with Gasteiger partial charge in [-0.25, -0.2) is 0 Å². The lowest BCUT2D eigenvalue weighted by Gasteiger charge is -2.19. The monoisotopic (exact) mass is 248 g/mol. The first-order valence-electron chi connectivity index (χ1n) is 7.15. The van der Waals surface area contributed by atoms with Crippen molar-refractivity contribution in [3.8, 4) is 0 Å². The Balaban J connectivity index is 2.55. The fraction of sp³-hybridized carbons (Fsp3) is 0.625. The fourth-order valence-electron chi connectivity index (χ4n) is 2.29. The number of benzene rings is 1. The predicted octanol–water partition coefficient (Wildman–Crippen LogP) is 4.13. The highest BCUT2D eigenvalue weighted by molar-refractivity contribution is 5.45. The second-order valence-electron chi connectivity index (χ2n) is 5.35. The molecule has 2 nitrogen and oxygen atoms in total. The Morgan fingerprint density at radius 2 is 1.56 bits per heavy atom. The van der Waals surface area contributed by atoms with Gasteiger partial charge in [-0.15, -0.1) is 0 Å². The van der Waals surface area contributed by atoms with E-state index < -0.39 is 0 Å². The molecular formula is C16H28N2. The minimum Gasteiger partial charge on any atom is -0.382 e. The van der Waals surface area contributed by atoms with Crippen molar-refractivity contribution in [3.63, 3.8) is 0 Å². The smallest absolute Gasteiger partial charge is 0.0342 e. The van der Waals surface area contributed by atoms with Crippen molar-refractivity contribution in [1.29, 1.82) is 0 Å². The summed E-state index contributed by atoms with van der Waals surface area (Å²) in [5.74, 6) is 0. The first kappa shape index (κ1) is 15.0. The zero-order valence-corrected chi connectivity index (χ0v) is 12.4. The van der Waals surface area contributed by atoms with E-state index in [1.54, 1.807) is 0 Å². The lowest BCUT2D eigenvalue weighted by molar-refractivity contribution is 0.402. The third-order valence-electron chi connectivity index (χ3n) is 3.10. The van der Waals surface area contributed by atoms with E-state index in [0.29, 0.717) is 6.04 Å². The molecule has 0 saturated heterocycles. The third kappa shape index (κ3) is 5.54. The van der Waals surface area contributed by atoms with E-state index in [2.05, 4.69) is 62.4 Å². The first-order chi connectivity index (χ1) is 8.65. The summed E-state index contributed by atoms with van der Waals surface area (Å²) in [4.78, 5) is 2.19. The largest absolute Gasteiger partial charge is 0.382 e. The zero-order valence-electron chi connectivity index (χ0n) is 12.4. The van der Waals surface area contributed by atoms with Crippen molar-refractivity contribution in [2.24, 2.45) is 0 Å². The van der Waals surface area contributed by atoms with Gasteiger partial charge in [0.2, 0.25) is 0 Å². The first-order valence-corrected chi connectivity index (χ1v) is 7.15. The minimum absolute atomic E-state index is 0.625. The summed E-state index contributed by atoms with van der Waals surface area (Å²) in [5, 5.41) is 3.65. The summed E-state index contributed by atoms with van der Waals surface area (Å²) in [6.45, 7) is 5.52. The van der Waals surface area contributed by atoms with Gasteiger partial charge in [0.15, 0.2) is 0 Å². The van der Waals surface area contributed by atoms with Crippen LogP contribution in [0, 0.1) is 0 Å². The molecule has 1 aromatic carbocycles. The molecule has 0 radical (unpaired) electrons. The van der Waals surface area contributed by atoms with Crippen molar-refractivity contribution >= 4 is 5.69 Å². The molecule has 0 aliphatic heterocycles. The average molecular weight is 248 g/mol. The number of anilines is 1. The summed E-state index contributed by atoms with van der Waals surface area (Å²) >= 11 is 0. The summed E-state index contributed by atoms with van der Waals surface area (Å²) in [6, 6.07) is 9.47. The van der Waals surface area contributed by atoms with Gasteiger partial charge in [0.1, 0.15) is 0 Å². The molecule has 0 aromatic heterocycles. The van der Waals surface area contributed by atoms with Gasteiger partial charge in [0.25, 0.3) is 0 Å². The van der Waals surface area contributed by atoms with Crippen LogP contribution in [-0.4, -0.2) is 25.0 Å². The highest BCUT2D eigenvalue weighted by Gasteiger charge is 2.06. The van der Waals surface area contributed by atoms with Gasteiger partial charge < -0.3 is 10.2 Å². The van der Waals surface area contributed by atoms with E-state index in [9.17, 15) is 0 Å². The van der Waals surface area contributed by atoms with E-state index in [0.717, 1.165) is 6.54 Å². The van der Waals surface area contributed by atoms with Crippen LogP contribution in [0.2, 0.25) is 0 Å². The molecule has 0 aliphatic carbocycles. The van der Waals surface area contributed by atoms with Crippen LogP contribution in [0.1, 0.15) is 45.1 Å². The van der Waals surface area contributed by atoms with Crippen LogP contribution in [0.15, 0.2) is 24.3 Å². The Morgan fingerprint density at radius 3 is 2.00 bits per heavy atom. The second-order valence-corrected chi connectivity index (χ2v) is 5.35. The molecule has 18 heavy (non-hydrogen) atoms. The Kier molecular flexibility index (Phi) is 6.81. The highest BCUT2D eigenvalue weighted by Crippen LogP contribution is 2.15. The maximum Gasteiger partial charge on any atom is 0.0342 e. The van der Waals surface area contributed by atoms with Crippen LogP contribution in [0.5, 0.6) is 0 Å². The van der Waals surface area contributed by atoms with Crippen LogP contribution >= 0.6 is 0 Å². The van der Waals surface area contributed by atoms with Gasteiger partial charge in [0.05, 0.1) is 0 Å².